The molecule has 122 valence electrons. The van der Waals surface area contributed by atoms with Crippen LogP contribution in [0.3, 0.4) is 0 Å². The molecule has 0 unspecified atom stereocenters. The maximum Gasteiger partial charge on any atom is 0.191 e. The van der Waals surface area contributed by atoms with Crippen molar-refractivity contribution >= 4 is 5.96 Å². The highest BCUT2D eigenvalue weighted by atomic mass is 16.5. The first kappa shape index (κ1) is 16.6. The van der Waals surface area contributed by atoms with Crippen LogP contribution in [0, 0.1) is 0 Å². The summed E-state index contributed by atoms with van der Waals surface area (Å²) < 4.78 is 10.7. The second kappa shape index (κ2) is 10.0. The van der Waals surface area contributed by atoms with Crippen LogP contribution < -0.4 is 10.6 Å². The molecule has 0 aromatic carbocycles. The van der Waals surface area contributed by atoms with E-state index in [0.717, 1.165) is 64.1 Å². The van der Waals surface area contributed by atoms with Crippen LogP contribution in [0.25, 0.3) is 0 Å². The van der Waals surface area contributed by atoms with E-state index in [1.807, 2.05) is 18.2 Å². The van der Waals surface area contributed by atoms with Crippen LogP contribution >= 0.6 is 0 Å². The lowest BCUT2D eigenvalue weighted by molar-refractivity contribution is 0.0394. The second-order valence-electron chi connectivity index (χ2n) is 5.11. The molecule has 0 spiro atoms. The smallest absolute Gasteiger partial charge is 0.191 e. The van der Waals surface area contributed by atoms with E-state index in [1.165, 1.54) is 0 Å². The van der Waals surface area contributed by atoms with Gasteiger partial charge < -0.3 is 19.8 Å². The van der Waals surface area contributed by atoms with Crippen molar-refractivity contribution in [2.75, 3.05) is 52.5 Å². The number of ether oxygens (including phenoxy) is 1. The summed E-state index contributed by atoms with van der Waals surface area (Å²) in [6.45, 7) is 10.6. The van der Waals surface area contributed by atoms with Crippen molar-refractivity contribution in [2.24, 2.45) is 4.99 Å². The summed E-state index contributed by atoms with van der Waals surface area (Å²) in [6.07, 6.45) is 4.36. The Labute approximate surface area is 132 Å². The van der Waals surface area contributed by atoms with Gasteiger partial charge in [-0.3, -0.25) is 9.89 Å². The van der Waals surface area contributed by atoms with Gasteiger partial charge >= 0.3 is 0 Å². The van der Waals surface area contributed by atoms with E-state index in [2.05, 4.69) is 27.1 Å². The number of morpholine rings is 1. The van der Waals surface area contributed by atoms with Crippen molar-refractivity contribution in [2.45, 2.75) is 6.42 Å². The van der Waals surface area contributed by atoms with Crippen molar-refractivity contribution in [1.29, 1.82) is 0 Å². The van der Waals surface area contributed by atoms with E-state index in [4.69, 9.17) is 9.15 Å². The molecule has 2 heterocycles. The molecule has 0 bridgehead atoms. The Balaban J connectivity index is 1.71. The van der Waals surface area contributed by atoms with Crippen molar-refractivity contribution in [3.8, 4) is 0 Å². The highest BCUT2D eigenvalue weighted by Gasteiger charge is 2.09. The van der Waals surface area contributed by atoms with Crippen LogP contribution in [0.5, 0.6) is 0 Å². The van der Waals surface area contributed by atoms with Crippen molar-refractivity contribution < 1.29 is 9.15 Å². The molecule has 0 aliphatic carbocycles. The summed E-state index contributed by atoms with van der Waals surface area (Å²) in [5, 5.41) is 6.55. The fourth-order valence-electron chi connectivity index (χ4n) is 2.23. The van der Waals surface area contributed by atoms with Gasteiger partial charge in [0.05, 0.1) is 26.0 Å². The van der Waals surface area contributed by atoms with Crippen LogP contribution in [-0.2, 0) is 11.2 Å². The molecule has 1 fully saturated rings. The average molecular weight is 306 g/mol. The Morgan fingerprint density at radius 2 is 2.23 bits per heavy atom. The minimum Gasteiger partial charge on any atom is -0.469 e. The highest BCUT2D eigenvalue weighted by molar-refractivity contribution is 5.79. The summed E-state index contributed by atoms with van der Waals surface area (Å²) in [7, 11) is 0. The molecule has 1 aliphatic heterocycles. The molecule has 2 N–H and O–H groups in total. The van der Waals surface area contributed by atoms with E-state index in [9.17, 15) is 0 Å². The number of aliphatic imine (C=N–C) groups is 1. The van der Waals surface area contributed by atoms with Gasteiger partial charge in [-0.2, -0.15) is 0 Å². The van der Waals surface area contributed by atoms with Gasteiger partial charge in [-0.05, 0) is 12.1 Å². The van der Waals surface area contributed by atoms with Crippen molar-refractivity contribution in [3.05, 3.63) is 36.8 Å². The van der Waals surface area contributed by atoms with Gasteiger partial charge in [-0.1, -0.05) is 6.08 Å². The topological polar surface area (TPSA) is 62.0 Å². The second-order valence-corrected chi connectivity index (χ2v) is 5.11. The normalized spacial score (nSPS) is 16.5. The van der Waals surface area contributed by atoms with E-state index in [0.29, 0.717) is 6.54 Å². The third-order valence-electron chi connectivity index (χ3n) is 3.45. The fraction of sp³-hybridized carbons (Fsp3) is 0.562. The standard InChI is InChI=1S/C16H26N4O2/c1-2-6-17-16(18-7-5-15-4-3-12-22-15)19-8-9-20-10-13-21-14-11-20/h2-4,12H,1,5-11,13-14H2,(H2,17,18,19). The Morgan fingerprint density at radius 3 is 2.95 bits per heavy atom. The number of rotatable bonds is 8. The van der Waals surface area contributed by atoms with E-state index in [-0.39, 0.29) is 0 Å². The molecule has 0 radical (unpaired) electrons. The monoisotopic (exact) mass is 306 g/mol. The molecular weight excluding hydrogens is 280 g/mol. The van der Waals surface area contributed by atoms with Crippen LogP contribution in [0.2, 0.25) is 0 Å². The minimum atomic E-state index is 0.699. The minimum absolute atomic E-state index is 0.699. The van der Waals surface area contributed by atoms with Gasteiger partial charge in [-0.25, -0.2) is 0 Å². The fourth-order valence-corrected chi connectivity index (χ4v) is 2.23. The van der Waals surface area contributed by atoms with E-state index >= 15 is 0 Å². The third-order valence-corrected chi connectivity index (χ3v) is 3.45. The maximum absolute atomic E-state index is 5.35. The predicted octanol–water partition coefficient (Wildman–Crippen LogP) is 0.876. The molecule has 0 saturated carbocycles. The molecule has 1 saturated heterocycles. The lowest BCUT2D eigenvalue weighted by Gasteiger charge is -2.25. The Kier molecular flexibility index (Phi) is 7.55. The molecular formula is C16H26N4O2. The summed E-state index contributed by atoms with van der Waals surface area (Å²) in [5.74, 6) is 1.80. The van der Waals surface area contributed by atoms with Gasteiger partial charge in [0.1, 0.15) is 5.76 Å². The molecule has 6 heteroatoms. The number of hydrogen-bond donors (Lipinski definition) is 2. The van der Waals surface area contributed by atoms with Crippen LogP contribution in [-0.4, -0.2) is 63.3 Å². The molecule has 1 aromatic rings. The zero-order valence-corrected chi connectivity index (χ0v) is 13.1. The first-order valence-corrected chi connectivity index (χ1v) is 7.84. The zero-order chi connectivity index (χ0) is 15.5. The van der Waals surface area contributed by atoms with Crippen LogP contribution in [0.4, 0.5) is 0 Å². The Morgan fingerprint density at radius 1 is 1.36 bits per heavy atom. The summed E-state index contributed by atoms with van der Waals surface area (Å²) in [6, 6.07) is 3.89. The first-order valence-electron chi connectivity index (χ1n) is 7.84. The SMILES string of the molecule is C=CCNC(=NCCN1CCOCC1)NCCc1ccco1. The zero-order valence-electron chi connectivity index (χ0n) is 13.1. The van der Waals surface area contributed by atoms with E-state index < -0.39 is 0 Å². The Bertz CT molecular complexity index is 439. The van der Waals surface area contributed by atoms with Gasteiger partial charge in [0, 0.05) is 39.1 Å². The maximum atomic E-state index is 5.35. The lowest BCUT2D eigenvalue weighted by atomic mass is 10.3. The molecule has 0 atom stereocenters. The molecule has 22 heavy (non-hydrogen) atoms. The highest BCUT2D eigenvalue weighted by Crippen LogP contribution is 1.99. The summed E-state index contributed by atoms with van der Waals surface area (Å²) in [4.78, 5) is 6.98. The van der Waals surface area contributed by atoms with Crippen LogP contribution in [0.1, 0.15) is 5.76 Å². The number of nitrogens with zero attached hydrogens (tertiary/aromatic N) is 2. The molecule has 0 amide bonds. The average Bonchev–Trinajstić information content (AvgIpc) is 3.06. The lowest BCUT2D eigenvalue weighted by Crippen LogP contribution is -2.40. The largest absolute Gasteiger partial charge is 0.469 e. The van der Waals surface area contributed by atoms with Gasteiger partial charge in [0.15, 0.2) is 5.96 Å². The molecule has 6 nitrogen and oxygen atoms in total. The Hall–Kier alpha value is -1.79. The molecule has 1 aliphatic rings. The predicted molar refractivity (Wildman–Crippen MR) is 88.2 cm³/mol. The first-order chi connectivity index (χ1) is 10.9. The van der Waals surface area contributed by atoms with Crippen LogP contribution in [0.15, 0.2) is 40.5 Å². The number of furan rings is 1. The van der Waals surface area contributed by atoms with Gasteiger partial charge in [0.25, 0.3) is 0 Å². The summed E-state index contributed by atoms with van der Waals surface area (Å²) in [5.41, 5.74) is 0. The quantitative estimate of drug-likeness (QED) is 0.424. The van der Waals surface area contributed by atoms with E-state index in [1.54, 1.807) is 6.26 Å². The summed E-state index contributed by atoms with van der Waals surface area (Å²) >= 11 is 0. The van der Waals surface area contributed by atoms with Crippen molar-refractivity contribution in [3.63, 3.8) is 0 Å². The van der Waals surface area contributed by atoms with Gasteiger partial charge in [-0.15, -0.1) is 6.58 Å². The molecule has 1 aromatic heterocycles. The number of hydrogen-bond acceptors (Lipinski definition) is 4. The van der Waals surface area contributed by atoms with Crippen molar-refractivity contribution in [1.82, 2.24) is 15.5 Å². The molecule has 2 rings (SSSR count). The number of nitrogens with one attached hydrogen (secondary N) is 2. The van der Waals surface area contributed by atoms with Gasteiger partial charge in [0.2, 0.25) is 0 Å². The number of guanidine groups is 1. The third kappa shape index (κ3) is 6.32.